The van der Waals surface area contributed by atoms with E-state index in [0.717, 1.165) is 81.0 Å². The number of nitrogens with one attached hydrogen (secondary N) is 2. The van der Waals surface area contributed by atoms with E-state index in [0.29, 0.717) is 19.6 Å². The predicted octanol–water partition coefficient (Wildman–Crippen LogP) is 7.63. The largest absolute Gasteiger partial charge is 0.497 e. The second-order valence-electron chi connectivity index (χ2n) is 12.1. The van der Waals surface area contributed by atoms with Gasteiger partial charge in [-0.05, 0) is 56.5 Å². The maximum absolute atomic E-state index is 12.1. The van der Waals surface area contributed by atoms with Crippen LogP contribution < -0.4 is 20.1 Å². The maximum Gasteiger partial charge on any atom is 0.407 e. The highest BCUT2D eigenvalue weighted by molar-refractivity contribution is 6.07. The van der Waals surface area contributed by atoms with Crippen LogP contribution in [0, 0.1) is 0 Å². The number of methoxy groups -OCH3 is 2. The number of benzene rings is 3. The number of hydrogen-bond acceptors (Lipinski definition) is 7. The number of unbranched alkanes of at least 4 members (excludes halogenated alkanes) is 1. The number of para-hydroxylation sites is 1. The molecule has 2 heterocycles. The Morgan fingerprint density at radius 2 is 1.67 bits per heavy atom. The number of alkyl carbamates (subject to hydrolysis) is 1. The van der Waals surface area contributed by atoms with E-state index in [1.165, 1.54) is 0 Å². The lowest BCUT2D eigenvalue weighted by atomic mass is 10.1. The first-order valence-corrected chi connectivity index (χ1v) is 15.5. The summed E-state index contributed by atoms with van der Waals surface area (Å²) in [5, 5.41) is 7.46. The van der Waals surface area contributed by atoms with Gasteiger partial charge in [-0.2, -0.15) is 0 Å². The molecule has 0 radical (unpaired) electrons. The molecular formula is C36H43N5O4. The van der Waals surface area contributed by atoms with Crippen molar-refractivity contribution < 1.29 is 19.0 Å². The van der Waals surface area contributed by atoms with E-state index >= 15 is 0 Å². The Morgan fingerprint density at radius 1 is 0.911 bits per heavy atom. The van der Waals surface area contributed by atoms with Crippen molar-refractivity contribution in [2.45, 2.75) is 72.2 Å². The molecule has 1 amide bonds. The highest BCUT2D eigenvalue weighted by Crippen LogP contribution is 2.33. The lowest BCUT2D eigenvalue weighted by Gasteiger charge is -2.19. The summed E-state index contributed by atoms with van der Waals surface area (Å²) in [5.74, 6) is 3.26. The van der Waals surface area contributed by atoms with Gasteiger partial charge in [0.1, 0.15) is 28.4 Å². The summed E-state index contributed by atoms with van der Waals surface area (Å²) in [5.41, 5.74) is 5.42. The molecule has 9 nitrogen and oxygen atoms in total. The Hall–Kier alpha value is -4.79. The highest BCUT2D eigenvalue weighted by Gasteiger charge is 2.20. The molecule has 0 aliphatic carbocycles. The average Bonchev–Trinajstić information content (AvgIpc) is 3.39. The van der Waals surface area contributed by atoms with Crippen molar-refractivity contribution in [1.29, 1.82) is 0 Å². The van der Waals surface area contributed by atoms with E-state index in [9.17, 15) is 4.79 Å². The molecule has 45 heavy (non-hydrogen) atoms. The Morgan fingerprint density at radius 3 is 2.38 bits per heavy atom. The summed E-state index contributed by atoms with van der Waals surface area (Å²) < 4.78 is 18.7. The minimum absolute atomic E-state index is 0.398. The van der Waals surface area contributed by atoms with Crippen LogP contribution >= 0.6 is 0 Å². The fourth-order valence-corrected chi connectivity index (χ4v) is 5.31. The van der Waals surface area contributed by atoms with E-state index < -0.39 is 11.7 Å². The second kappa shape index (κ2) is 13.9. The van der Waals surface area contributed by atoms with Gasteiger partial charge in [0, 0.05) is 43.1 Å². The number of carbonyl (C=O) groups excluding carboxylic acids is 1. The third kappa shape index (κ3) is 7.66. The number of ether oxygens (including phenoxy) is 3. The summed E-state index contributed by atoms with van der Waals surface area (Å²) in [7, 11) is 3.31. The molecule has 0 fully saturated rings. The van der Waals surface area contributed by atoms with Crippen LogP contribution in [0.1, 0.15) is 63.1 Å². The van der Waals surface area contributed by atoms with E-state index in [4.69, 9.17) is 24.2 Å². The lowest BCUT2D eigenvalue weighted by molar-refractivity contribution is 0.0523. The van der Waals surface area contributed by atoms with Crippen molar-refractivity contribution in [3.63, 3.8) is 0 Å². The topological polar surface area (TPSA) is 99.5 Å². The first-order chi connectivity index (χ1) is 21.7. The number of aromatic nitrogens is 3. The van der Waals surface area contributed by atoms with Crippen molar-refractivity contribution in [1.82, 2.24) is 19.9 Å². The molecule has 0 aliphatic rings. The van der Waals surface area contributed by atoms with Gasteiger partial charge in [-0.1, -0.05) is 55.8 Å². The number of amides is 1. The van der Waals surface area contributed by atoms with Crippen molar-refractivity contribution in [3.05, 3.63) is 89.2 Å². The van der Waals surface area contributed by atoms with Crippen molar-refractivity contribution >= 4 is 33.8 Å². The fraction of sp³-hybridized carbons (Fsp3) is 0.361. The number of imidazole rings is 1. The first-order valence-electron chi connectivity index (χ1n) is 15.5. The van der Waals surface area contributed by atoms with Gasteiger partial charge in [0.15, 0.2) is 5.82 Å². The Bertz CT molecular complexity index is 1770. The van der Waals surface area contributed by atoms with E-state index in [-0.39, 0.29) is 0 Å². The van der Waals surface area contributed by atoms with Crippen LogP contribution in [-0.4, -0.2) is 40.4 Å². The number of anilines is 1. The van der Waals surface area contributed by atoms with Gasteiger partial charge >= 0.3 is 6.09 Å². The molecule has 3 aromatic carbocycles. The minimum Gasteiger partial charge on any atom is -0.497 e. The summed E-state index contributed by atoms with van der Waals surface area (Å²) in [6.45, 7) is 9.34. The van der Waals surface area contributed by atoms with Gasteiger partial charge < -0.3 is 29.4 Å². The van der Waals surface area contributed by atoms with Crippen LogP contribution in [0.4, 0.5) is 10.6 Å². The number of fused-ring (bicyclic) bond motifs is 3. The maximum atomic E-state index is 12.1. The minimum atomic E-state index is -0.533. The molecule has 0 unspecified atom stereocenters. The van der Waals surface area contributed by atoms with E-state index in [1.54, 1.807) is 14.2 Å². The predicted molar refractivity (Wildman–Crippen MR) is 179 cm³/mol. The third-order valence-corrected chi connectivity index (χ3v) is 7.56. The molecule has 9 heteroatoms. The zero-order valence-corrected chi connectivity index (χ0v) is 27.1. The molecule has 236 valence electrons. The summed E-state index contributed by atoms with van der Waals surface area (Å²) in [4.78, 5) is 22.3. The standard InChI is InChI=1S/C36H43N5O4/c1-7-8-13-31-40-32-33(41(31)23-25-16-14-24(15-17-25)21-38-35(42)45-36(2,3)4)28-11-9-10-12-29(28)39-34(32)37-22-26-18-19-27(43-5)20-30(26)44-6/h9-12,14-20H,7-8,13,21-23H2,1-6H3,(H,37,39)(H,38,42). The normalized spacial score (nSPS) is 11.5. The van der Waals surface area contributed by atoms with Gasteiger partial charge in [-0.15, -0.1) is 0 Å². The number of rotatable bonds is 12. The number of carbonyl (C=O) groups is 1. The molecule has 0 saturated heterocycles. The molecule has 2 aromatic heterocycles. The Labute approximate surface area is 264 Å². The number of nitrogens with zero attached hydrogens (tertiary/aromatic N) is 3. The first kappa shape index (κ1) is 31.6. The van der Waals surface area contributed by atoms with Crippen LogP contribution in [0.15, 0.2) is 66.7 Å². The molecule has 0 saturated carbocycles. The number of hydrogen-bond donors (Lipinski definition) is 2. The van der Waals surface area contributed by atoms with Crippen LogP contribution in [0.3, 0.4) is 0 Å². The molecule has 0 aliphatic heterocycles. The monoisotopic (exact) mass is 609 g/mol. The Balaban J connectivity index is 1.47. The average molecular weight is 610 g/mol. The van der Waals surface area contributed by atoms with E-state index in [1.807, 2.05) is 69.3 Å². The van der Waals surface area contributed by atoms with Crippen molar-refractivity contribution in [3.8, 4) is 11.5 Å². The highest BCUT2D eigenvalue weighted by atomic mass is 16.6. The smallest absolute Gasteiger partial charge is 0.407 e. The van der Waals surface area contributed by atoms with Crippen molar-refractivity contribution in [2.24, 2.45) is 0 Å². The van der Waals surface area contributed by atoms with Gasteiger partial charge in [0.2, 0.25) is 0 Å². The van der Waals surface area contributed by atoms with Gasteiger partial charge in [0.05, 0.1) is 25.3 Å². The molecule has 5 aromatic rings. The number of pyridine rings is 1. The quantitative estimate of drug-likeness (QED) is 0.150. The molecular weight excluding hydrogens is 566 g/mol. The molecule has 5 rings (SSSR count). The fourth-order valence-electron chi connectivity index (χ4n) is 5.31. The van der Waals surface area contributed by atoms with Gasteiger partial charge in [-0.25, -0.2) is 14.8 Å². The SMILES string of the molecule is CCCCc1nc2c(NCc3ccc(OC)cc3OC)nc3ccccc3c2n1Cc1ccc(CNC(=O)OC(C)(C)C)cc1. The zero-order chi connectivity index (χ0) is 32.0. The molecule has 0 atom stereocenters. The molecule has 0 bridgehead atoms. The summed E-state index contributed by atoms with van der Waals surface area (Å²) in [6.07, 6.45) is 2.55. The summed E-state index contributed by atoms with van der Waals surface area (Å²) >= 11 is 0. The summed E-state index contributed by atoms with van der Waals surface area (Å²) in [6, 6.07) is 22.4. The lowest BCUT2D eigenvalue weighted by Crippen LogP contribution is -2.32. The second-order valence-corrected chi connectivity index (χ2v) is 12.1. The van der Waals surface area contributed by atoms with Crippen molar-refractivity contribution in [2.75, 3.05) is 19.5 Å². The van der Waals surface area contributed by atoms with Crippen LogP contribution in [0.25, 0.3) is 21.9 Å². The third-order valence-electron chi connectivity index (χ3n) is 7.56. The van der Waals surface area contributed by atoms with E-state index in [2.05, 4.69) is 40.3 Å². The number of aryl methyl sites for hydroxylation is 1. The van der Waals surface area contributed by atoms with Gasteiger partial charge in [0.25, 0.3) is 0 Å². The molecule has 2 N–H and O–H groups in total. The Kier molecular flexibility index (Phi) is 9.76. The van der Waals surface area contributed by atoms with Crippen LogP contribution in [0.2, 0.25) is 0 Å². The molecule has 0 spiro atoms. The van der Waals surface area contributed by atoms with Gasteiger partial charge in [-0.3, -0.25) is 0 Å². The van der Waals surface area contributed by atoms with Crippen LogP contribution in [0.5, 0.6) is 11.5 Å². The van der Waals surface area contributed by atoms with Crippen LogP contribution in [-0.2, 0) is 30.8 Å². The zero-order valence-electron chi connectivity index (χ0n) is 27.1.